The van der Waals surface area contributed by atoms with Crippen LogP contribution in [0, 0.1) is 0 Å². The second-order valence-corrected chi connectivity index (χ2v) is 7.51. The molecule has 1 N–H and O–H groups in total. The maximum Gasteiger partial charge on any atom is 0.124 e. The maximum atomic E-state index is 6.21. The summed E-state index contributed by atoms with van der Waals surface area (Å²) in [5, 5.41) is 5.28. The molecule has 0 atom stereocenters. The van der Waals surface area contributed by atoms with Gasteiger partial charge in [0, 0.05) is 39.3 Å². The van der Waals surface area contributed by atoms with Crippen molar-refractivity contribution in [3.05, 3.63) is 62.6 Å². The first kappa shape index (κ1) is 24.4. The molecular weight excluding hydrogens is 428 g/mol. The molecule has 150 valence electrons. The van der Waals surface area contributed by atoms with Gasteiger partial charge in [0.2, 0.25) is 0 Å². The topological polar surface area (TPSA) is 30.5 Å². The highest BCUT2D eigenvalue weighted by atomic mass is 35.5. The van der Waals surface area contributed by atoms with E-state index in [2.05, 4.69) is 5.32 Å². The van der Waals surface area contributed by atoms with Crippen molar-refractivity contribution >= 4 is 47.2 Å². The van der Waals surface area contributed by atoms with Crippen molar-refractivity contribution in [3.63, 3.8) is 0 Å². The van der Waals surface area contributed by atoms with Crippen LogP contribution in [0.4, 0.5) is 0 Å². The lowest BCUT2D eigenvalue weighted by Gasteiger charge is -2.14. The Morgan fingerprint density at radius 2 is 1.67 bits per heavy atom. The Morgan fingerprint density at radius 3 is 2.37 bits per heavy atom. The minimum Gasteiger partial charge on any atom is -0.489 e. The molecule has 0 fully saturated rings. The van der Waals surface area contributed by atoms with Crippen molar-refractivity contribution in [1.29, 1.82) is 0 Å². The highest BCUT2D eigenvalue weighted by molar-refractivity contribution is 6.35. The summed E-state index contributed by atoms with van der Waals surface area (Å²) < 4.78 is 11.5. The van der Waals surface area contributed by atoms with E-state index in [4.69, 9.17) is 44.3 Å². The van der Waals surface area contributed by atoms with Gasteiger partial charge in [-0.15, -0.1) is 12.4 Å². The summed E-state index contributed by atoms with van der Waals surface area (Å²) in [5.41, 5.74) is 1.89. The largest absolute Gasteiger partial charge is 0.489 e. The number of halogens is 4. The van der Waals surface area contributed by atoms with Crippen LogP contribution in [0.25, 0.3) is 0 Å². The number of hydrogen-bond acceptors (Lipinski definition) is 3. The van der Waals surface area contributed by atoms with Gasteiger partial charge in [-0.3, -0.25) is 0 Å². The smallest absolute Gasteiger partial charge is 0.124 e. The molecule has 2 aromatic carbocycles. The van der Waals surface area contributed by atoms with Crippen LogP contribution >= 0.6 is 47.2 Å². The van der Waals surface area contributed by atoms with Crippen LogP contribution in [0.2, 0.25) is 15.1 Å². The molecule has 0 bridgehead atoms. The summed E-state index contributed by atoms with van der Waals surface area (Å²) in [5.74, 6) is 0.784. The third kappa shape index (κ3) is 8.91. The molecule has 0 heterocycles. The molecule has 0 spiro atoms. The lowest BCUT2D eigenvalue weighted by atomic mass is 10.2. The van der Waals surface area contributed by atoms with Gasteiger partial charge in [0.05, 0.1) is 6.10 Å². The first-order valence-corrected chi connectivity index (χ1v) is 9.76. The molecule has 7 heteroatoms. The second-order valence-electron chi connectivity index (χ2n) is 6.23. The number of ether oxygens (including phenoxy) is 2. The standard InChI is InChI=1S/C20H24Cl3NO2.ClH/c1-14(2)25-9-3-8-24-12-16-10-17(21)6-7-20(16)26-13-15-4-5-18(22)11-19(15)23;/h4-7,10-11,14,24H,3,8-9,12-13H2,1-2H3;1H. The van der Waals surface area contributed by atoms with E-state index in [0.717, 1.165) is 36.4 Å². The average Bonchev–Trinajstić information content (AvgIpc) is 2.58. The highest BCUT2D eigenvalue weighted by Crippen LogP contribution is 2.26. The second kappa shape index (κ2) is 12.7. The van der Waals surface area contributed by atoms with Gasteiger partial charge in [-0.2, -0.15) is 0 Å². The van der Waals surface area contributed by atoms with Gasteiger partial charge in [0.15, 0.2) is 0 Å². The quantitative estimate of drug-likeness (QED) is 0.414. The third-order valence-corrected chi connectivity index (χ3v) is 4.51. The molecule has 0 radical (unpaired) electrons. The fraction of sp³-hybridized carbons (Fsp3) is 0.400. The Hall–Kier alpha value is -0.680. The van der Waals surface area contributed by atoms with E-state index in [9.17, 15) is 0 Å². The molecule has 0 saturated carbocycles. The van der Waals surface area contributed by atoms with Gasteiger partial charge in [0.25, 0.3) is 0 Å². The number of benzene rings is 2. The summed E-state index contributed by atoms with van der Waals surface area (Å²) in [6, 6.07) is 11.0. The van der Waals surface area contributed by atoms with Crippen molar-refractivity contribution in [1.82, 2.24) is 5.32 Å². The molecule has 0 unspecified atom stereocenters. The van der Waals surface area contributed by atoms with Crippen LogP contribution in [-0.4, -0.2) is 19.3 Å². The summed E-state index contributed by atoms with van der Waals surface area (Å²) >= 11 is 18.3. The highest BCUT2D eigenvalue weighted by Gasteiger charge is 2.07. The normalized spacial score (nSPS) is 10.7. The zero-order valence-corrected chi connectivity index (χ0v) is 18.5. The van der Waals surface area contributed by atoms with E-state index in [0.29, 0.717) is 28.2 Å². The Balaban J connectivity index is 0.00000364. The number of hydrogen-bond donors (Lipinski definition) is 1. The molecule has 2 rings (SSSR count). The van der Waals surface area contributed by atoms with Gasteiger partial charge in [-0.25, -0.2) is 0 Å². The monoisotopic (exact) mass is 451 g/mol. The van der Waals surface area contributed by atoms with E-state index in [1.54, 1.807) is 12.1 Å². The fourth-order valence-corrected chi connectivity index (χ4v) is 3.02. The molecule has 0 saturated heterocycles. The predicted octanol–water partition coefficient (Wildman–Crippen LogP) is 6.55. The van der Waals surface area contributed by atoms with Crippen LogP contribution in [-0.2, 0) is 17.9 Å². The SMILES string of the molecule is CC(C)OCCCNCc1cc(Cl)ccc1OCc1ccc(Cl)cc1Cl.Cl. The Morgan fingerprint density at radius 1 is 0.963 bits per heavy atom. The van der Waals surface area contributed by atoms with Crippen LogP contribution < -0.4 is 10.1 Å². The van der Waals surface area contributed by atoms with E-state index in [1.165, 1.54) is 0 Å². The van der Waals surface area contributed by atoms with Crippen molar-refractivity contribution in [3.8, 4) is 5.75 Å². The van der Waals surface area contributed by atoms with Crippen molar-refractivity contribution < 1.29 is 9.47 Å². The first-order valence-electron chi connectivity index (χ1n) is 8.63. The first-order chi connectivity index (χ1) is 12.5. The van der Waals surface area contributed by atoms with Gasteiger partial charge in [-0.05, 0) is 57.1 Å². The molecule has 3 nitrogen and oxygen atoms in total. The lowest BCUT2D eigenvalue weighted by molar-refractivity contribution is 0.0770. The summed E-state index contributed by atoms with van der Waals surface area (Å²) in [7, 11) is 0. The van der Waals surface area contributed by atoms with Crippen LogP contribution in [0.1, 0.15) is 31.4 Å². The fourth-order valence-electron chi connectivity index (χ4n) is 2.36. The molecule has 2 aromatic rings. The molecule has 0 amide bonds. The van der Waals surface area contributed by atoms with Crippen LogP contribution in [0.3, 0.4) is 0 Å². The lowest BCUT2D eigenvalue weighted by Crippen LogP contribution is -2.18. The molecule has 0 aromatic heterocycles. The minimum absolute atomic E-state index is 0. The van der Waals surface area contributed by atoms with E-state index in [-0.39, 0.29) is 18.5 Å². The Kier molecular flexibility index (Phi) is 11.5. The number of rotatable bonds is 10. The van der Waals surface area contributed by atoms with Crippen LogP contribution in [0.15, 0.2) is 36.4 Å². The molecular formula is C20H25Cl4NO2. The number of nitrogens with one attached hydrogen (secondary N) is 1. The molecule has 27 heavy (non-hydrogen) atoms. The Bertz CT molecular complexity index is 710. The molecule has 0 aliphatic heterocycles. The average molecular weight is 453 g/mol. The molecule has 0 aliphatic carbocycles. The summed E-state index contributed by atoms with van der Waals surface area (Å²) in [6.07, 6.45) is 1.22. The van der Waals surface area contributed by atoms with Crippen molar-refractivity contribution in [2.24, 2.45) is 0 Å². The van der Waals surface area contributed by atoms with E-state index >= 15 is 0 Å². The molecule has 0 aliphatic rings. The summed E-state index contributed by atoms with van der Waals surface area (Å²) in [6.45, 7) is 6.73. The van der Waals surface area contributed by atoms with E-state index in [1.807, 2.05) is 38.1 Å². The predicted molar refractivity (Wildman–Crippen MR) is 117 cm³/mol. The minimum atomic E-state index is 0. The Labute approximate surface area is 182 Å². The zero-order chi connectivity index (χ0) is 18.9. The third-order valence-electron chi connectivity index (χ3n) is 3.69. The van der Waals surface area contributed by atoms with Gasteiger partial charge in [-0.1, -0.05) is 40.9 Å². The zero-order valence-electron chi connectivity index (χ0n) is 15.4. The van der Waals surface area contributed by atoms with Gasteiger partial charge in [0.1, 0.15) is 12.4 Å². The van der Waals surface area contributed by atoms with Gasteiger partial charge < -0.3 is 14.8 Å². The summed E-state index contributed by atoms with van der Waals surface area (Å²) in [4.78, 5) is 0. The van der Waals surface area contributed by atoms with Crippen LogP contribution in [0.5, 0.6) is 5.75 Å². The van der Waals surface area contributed by atoms with Crippen molar-refractivity contribution in [2.75, 3.05) is 13.2 Å². The van der Waals surface area contributed by atoms with Gasteiger partial charge >= 0.3 is 0 Å². The maximum absolute atomic E-state index is 6.21. The van der Waals surface area contributed by atoms with Crippen molar-refractivity contribution in [2.45, 2.75) is 39.5 Å². The van der Waals surface area contributed by atoms with E-state index < -0.39 is 0 Å².